The molecule has 1 aliphatic heterocycles. The summed E-state index contributed by atoms with van der Waals surface area (Å²) in [6, 6.07) is 0.283. The maximum absolute atomic E-state index is 12.5. The largest absolute Gasteiger partial charge is 0.481 e. The van der Waals surface area contributed by atoms with Crippen LogP contribution in [0, 0.1) is 5.92 Å². The van der Waals surface area contributed by atoms with Crippen molar-refractivity contribution in [3.63, 3.8) is 0 Å². The van der Waals surface area contributed by atoms with Gasteiger partial charge in [-0.1, -0.05) is 0 Å². The van der Waals surface area contributed by atoms with E-state index in [9.17, 15) is 9.59 Å². The van der Waals surface area contributed by atoms with E-state index >= 15 is 0 Å². The van der Waals surface area contributed by atoms with Gasteiger partial charge in [0.15, 0.2) is 0 Å². The molecular weight excluding hydrogens is 244 g/mol. The molecule has 2 rings (SSSR count). The fourth-order valence-electron chi connectivity index (χ4n) is 3.36. The lowest BCUT2D eigenvalue weighted by Crippen LogP contribution is -2.46. The second-order valence-corrected chi connectivity index (χ2v) is 5.88. The molecular formula is C14H24N2O3. The van der Waals surface area contributed by atoms with E-state index in [0.717, 1.165) is 45.1 Å². The van der Waals surface area contributed by atoms with Gasteiger partial charge in [0, 0.05) is 31.0 Å². The third-order valence-electron chi connectivity index (χ3n) is 4.42. The molecule has 0 aromatic heterocycles. The second kappa shape index (κ2) is 6.37. The van der Waals surface area contributed by atoms with E-state index in [1.54, 1.807) is 0 Å². The Morgan fingerprint density at radius 2 is 2.00 bits per heavy atom. The SMILES string of the molecule is NC1CCC(C(=O)N2CCCCC2CCC(=O)O)C1. The summed E-state index contributed by atoms with van der Waals surface area (Å²) < 4.78 is 0. The average Bonchev–Trinajstić information content (AvgIpc) is 2.82. The number of hydrogen-bond acceptors (Lipinski definition) is 3. The lowest BCUT2D eigenvalue weighted by Gasteiger charge is -2.37. The van der Waals surface area contributed by atoms with Crippen LogP contribution in [0.15, 0.2) is 0 Å². The van der Waals surface area contributed by atoms with Crippen molar-refractivity contribution >= 4 is 11.9 Å². The molecule has 3 unspecified atom stereocenters. The molecule has 0 aromatic carbocycles. The van der Waals surface area contributed by atoms with Crippen LogP contribution < -0.4 is 5.73 Å². The van der Waals surface area contributed by atoms with Gasteiger partial charge in [0.1, 0.15) is 0 Å². The van der Waals surface area contributed by atoms with E-state index in [4.69, 9.17) is 10.8 Å². The molecule has 1 aliphatic carbocycles. The summed E-state index contributed by atoms with van der Waals surface area (Å²) in [5.41, 5.74) is 5.88. The standard InChI is InChI=1S/C14H24N2O3/c15-11-5-4-10(9-11)14(19)16-8-2-1-3-12(16)6-7-13(17)18/h10-12H,1-9,15H2,(H,17,18). The monoisotopic (exact) mass is 268 g/mol. The fraction of sp³-hybridized carbons (Fsp3) is 0.857. The van der Waals surface area contributed by atoms with Crippen molar-refractivity contribution in [3.8, 4) is 0 Å². The average molecular weight is 268 g/mol. The molecule has 108 valence electrons. The van der Waals surface area contributed by atoms with Gasteiger partial charge in [-0.3, -0.25) is 9.59 Å². The number of carboxylic acids is 1. The Labute approximate surface area is 114 Å². The number of likely N-dealkylation sites (tertiary alicyclic amines) is 1. The molecule has 2 aliphatic rings. The van der Waals surface area contributed by atoms with Crippen molar-refractivity contribution in [1.29, 1.82) is 0 Å². The van der Waals surface area contributed by atoms with E-state index in [-0.39, 0.29) is 30.3 Å². The molecule has 5 heteroatoms. The predicted molar refractivity (Wildman–Crippen MR) is 71.5 cm³/mol. The highest BCUT2D eigenvalue weighted by atomic mass is 16.4. The van der Waals surface area contributed by atoms with Gasteiger partial charge in [0.2, 0.25) is 5.91 Å². The van der Waals surface area contributed by atoms with Crippen LogP contribution in [0.25, 0.3) is 0 Å². The van der Waals surface area contributed by atoms with Crippen molar-refractivity contribution in [2.75, 3.05) is 6.54 Å². The van der Waals surface area contributed by atoms with Crippen LogP contribution in [0.2, 0.25) is 0 Å². The van der Waals surface area contributed by atoms with Gasteiger partial charge in [0.25, 0.3) is 0 Å². The molecule has 0 aromatic rings. The Hall–Kier alpha value is -1.10. The van der Waals surface area contributed by atoms with E-state index in [0.29, 0.717) is 6.42 Å². The number of piperidine rings is 1. The predicted octanol–water partition coefficient (Wildman–Crippen LogP) is 1.36. The summed E-state index contributed by atoms with van der Waals surface area (Å²) in [6.07, 6.45) is 6.43. The van der Waals surface area contributed by atoms with Crippen LogP contribution in [0.5, 0.6) is 0 Å². The van der Waals surface area contributed by atoms with Gasteiger partial charge < -0.3 is 15.7 Å². The highest BCUT2D eigenvalue weighted by molar-refractivity contribution is 5.79. The van der Waals surface area contributed by atoms with Crippen LogP contribution in [0.1, 0.15) is 51.4 Å². The quantitative estimate of drug-likeness (QED) is 0.806. The topological polar surface area (TPSA) is 83.6 Å². The zero-order chi connectivity index (χ0) is 13.8. The molecule has 5 nitrogen and oxygen atoms in total. The van der Waals surface area contributed by atoms with Crippen molar-refractivity contribution in [1.82, 2.24) is 4.90 Å². The van der Waals surface area contributed by atoms with E-state index in [2.05, 4.69) is 0 Å². The van der Waals surface area contributed by atoms with Crippen molar-refractivity contribution in [2.45, 2.75) is 63.5 Å². The molecule has 3 atom stereocenters. The first-order valence-corrected chi connectivity index (χ1v) is 7.35. The first-order valence-electron chi connectivity index (χ1n) is 7.35. The van der Waals surface area contributed by atoms with Gasteiger partial charge >= 0.3 is 5.97 Å². The van der Waals surface area contributed by atoms with Crippen molar-refractivity contribution in [2.24, 2.45) is 11.7 Å². The first-order chi connectivity index (χ1) is 9.08. The van der Waals surface area contributed by atoms with Crippen LogP contribution in [0.4, 0.5) is 0 Å². The number of aliphatic carboxylic acids is 1. The highest BCUT2D eigenvalue weighted by Crippen LogP contribution is 2.30. The van der Waals surface area contributed by atoms with Crippen molar-refractivity contribution in [3.05, 3.63) is 0 Å². The molecule has 0 bridgehead atoms. The molecule has 19 heavy (non-hydrogen) atoms. The van der Waals surface area contributed by atoms with E-state index in [1.165, 1.54) is 0 Å². The molecule has 1 amide bonds. The molecule has 0 spiro atoms. The third-order valence-corrected chi connectivity index (χ3v) is 4.42. The molecule has 2 fully saturated rings. The zero-order valence-electron chi connectivity index (χ0n) is 11.4. The lowest BCUT2D eigenvalue weighted by molar-refractivity contribution is -0.142. The van der Waals surface area contributed by atoms with E-state index in [1.807, 2.05) is 4.90 Å². The molecule has 1 saturated carbocycles. The summed E-state index contributed by atoms with van der Waals surface area (Å²) >= 11 is 0. The van der Waals surface area contributed by atoms with Gasteiger partial charge in [0.05, 0.1) is 0 Å². The summed E-state index contributed by atoms with van der Waals surface area (Å²) in [5, 5.41) is 8.80. The minimum atomic E-state index is -0.777. The van der Waals surface area contributed by atoms with E-state index < -0.39 is 5.97 Å². The normalized spacial score (nSPS) is 31.4. The number of hydrogen-bond donors (Lipinski definition) is 2. The summed E-state index contributed by atoms with van der Waals surface area (Å²) in [6.45, 7) is 0.787. The highest BCUT2D eigenvalue weighted by Gasteiger charge is 2.35. The second-order valence-electron chi connectivity index (χ2n) is 5.88. The van der Waals surface area contributed by atoms with Crippen LogP contribution >= 0.6 is 0 Å². The number of carbonyl (C=O) groups is 2. The van der Waals surface area contributed by atoms with Gasteiger partial charge in [-0.25, -0.2) is 0 Å². The van der Waals surface area contributed by atoms with Gasteiger partial charge in [-0.05, 0) is 44.9 Å². The molecule has 1 heterocycles. The third kappa shape index (κ3) is 3.69. The van der Waals surface area contributed by atoms with Crippen LogP contribution in [-0.2, 0) is 9.59 Å². The number of rotatable bonds is 4. The Bertz CT molecular complexity index is 346. The number of carboxylic acid groups (broad SMARTS) is 1. The fourth-order valence-corrected chi connectivity index (χ4v) is 3.36. The Kier molecular flexibility index (Phi) is 4.80. The number of nitrogens with zero attached hydrogens (tertiary/aromatic N) is 1. The molecule has 0 radical (unpaired) electrons. The Morgan fingerprint density at radius 3 is 2.63 bits per heavy atom. The maximum Gasteiger partial charge on any atom is 0.303 e. The van der Waals surface area contributed by atoms with Gasteiger partial charge in [-0.2, -0.15) is 0 Å². The summed E-state index contributed by atoms with van der Waals surface area (Å²) in [7, 11) is 0. The number of nitrogens with two attached hydrogens (primary N) is 1. The van der Waals surface area contributed by atoms with Gasteiger partial charge in [-0.15, -0.1) is 0 Å². The Balaban J connectivity index is 1.94. The Morgan fingerprint density at radius 1 is 1.21 bits per heavy atom. The van der Waals surface area contributed by atoms with Crippen molar-refractivity contribution < 1.29 is 14.7 Å². The minimum absolute atomic E-state index is 0.0698. The lowest BCUT2D eigenvalue weighted by atomic mass is 9.95. The van der Waals surface area contributed by atoms with Crippen LogP contribution in [0.3, 0.4) is 0 Å². The molecule has 1 saturated heterocycles. The van der Waals surface area contributed by atoms with Crippen LogP contribution in [-0.4, -0.2) is 40.5 Å². The number of carbonyl (C=O) groups excluding carboxylic acids is 1. The zero-order valence-corrected chi connectivity index (χ0v) is 11.4. The minimum Gasteiger partial charge on any atom is -0.481 e. The summed E-state index contributed by atoms with van der Waals surface area (Å²) in [5.74, 6) is -0.496. The maximum atomic E-state index is 12.5. The molecule has 3 N–H and O–H groups in total. The number of amides is 1. The first kappa shape index (κ1) is 14.3. The summed E-state index contributed by atoms with van der Waals surface area (Å²) in [4.78, 5) is 25.2. The smallest absolute Gasteiger partial charge is 0.303 e.